The lowest BCUT2D eigenvalue weighted by atomic mass is 9.99. The van der Waals surface area contributed by atoms with Crippen LogP contribution in [0.25, 0.3) is 0 Å². The maximum Gasteiger partial charge on any atom is 0.265 e. The highest BCUT2D eigenvalue weighted by Gasteiger charge is 2.14. The number of hydrogen-bond acceptors (Lipinski definition) is 2. The van der Waals surface area contributed by atoms with Crippen LogP contribution in [0.4, 0.5) is 0 Å². The van der Waals surface area contributed by atoms with E-state index in [-0.39, 0.29) is 11.4 Å². The van der Waals surface area contributed by atoms with Gasteiger partial charge in [-0.05, 0) is 51.3 Å². The first-order valence-corrected chi connectivity index (χ1v) is 6.51. The minimum atomic E-state index is -0.134. The number of benzene rings is 1. The molecule has 0 heterocycles. The third-order valence-corrected chi connectivity index (χ3v) is 2.76. The smallest absolute Gasteiger partial charge is 0.265 e. The second-order valence-electron chi connectivity index (χ2n) is 5.67. The van der Waals surface area contributed by atoms with Crippen molar-refractivity contribution in [2.45, 2.75) is 53.0 Å². The van der Waals surface area contributed by atoms with Crippen molar-refractivity contribution >= 4 is 5.91 Å². The third kappa shape index (κ3) is 4.15. The Hall–Kier alpha value is -1.35. The molecule has 0 radical (unpaired) electrons. The maximum absolute atomic E-state index is 12.1. The Morgan fingerprint density at radius 3 is 2.50 bits per heavy atom. The number of nitrogens with one attached hydrogen (secondary N) is 2. The summed E-state index contributed by atoms with van der Waals surface area (Å²) in [5, 5.41) is 0. The van der Waals surface area contributed by atoms with Crippen LogP contribution in [0, 0.1) is 6.92 Å². The summed E-state index contributed by atoms with van der Waals surface area (Å²) in [5.41, 5.74) is 8.70. The summed E-state index contributed by atoms with van der Waals surface area (Å²) in [7, 11) is 0. The van der Waals surface area contributed by atoms with Crippen molar-refractivity contribution in [1.82, 2.24) is 10.9 Å². The molecule has 0 atom stereocenters. The zero-order valence-electron chi connectivity index (χ0n) is 12.1. The summed E-state index contributed by atoms with van der Waals surface area (Å²) in [6.07, 6.45) is 2.10. The van der Waals surface area contributed by atoms with Crippen molar-refractivity contribution in [2.24, 2.45) is 0 Å². The fourth-order valence-corrected chi connectivity index (χ4v) is 1.78. The number of amides is 1. The quantitative estimate of drug-likeness (QED) is 0.804. The van der Waals surface area contributed by atoms with Gasteiger partial charge >= 0.3 is 0 Å². The molecule has 1 rings (SSSR count). The molecule has 1 aromatic rings. The van der Waals surface area contributed by atoms with Crippen LogP contribution in [0.1, 0.15) is 55.6 Å². The lowest BCUT2D eigenvalue weighted by Gasteiger charge is -2.21. The van der Waals surface area contributed by atoms with Crippen molar-refractivity contribution in [2.75, 3.05) is 0 Å². The van der Waals surface area contributed by atoms with Gasteiger partial charge in [0.1, 0.15) is 0 Å². The molecule has 1 amide bonds. The van der Waals surface area contributed by atoms with E-state index in [4.69, 9.17) is 0 Å². The zero-order valence-corrected chi connectivity index (χ0v) is 12.1. The molecule has 0 aliphatic heterocycles. The standard InChI is InChI=1S/C15H24N2O/c1-6-8-12-9-7-10-13(11(12)2)14(18)16-17-15(3,4)5/h7,9-10,17H,6,8H2,1-5H3,(H,16,18). The molecule has 0 bridgehead atoms. The Morgan fingerprint density at radius 2 is 1.94 bits per heavy atom. The summed E-state index contributed by atoms with van der Waals surface area (Å²) >= 11 is 0. The summed E-state index contributed by atoms with van der Waals surface area (Å²) in [5.74, 6) is -0.0691. The molecule has 0 aliphatic carbocycles. The van der Waals surface area contributed by atoms with Gasteiger partial charge in [-0.1, -0.05) is 25.5 Å². The zero-order chi connectivity index (χ0) is 13.8. The summed E-state index contributed by atoms with van der Waals surface area (Å²) in [4.78, 5) is 12.1. The topological polar surface area (TPSA) is 41.1 Å². The van der Waals surface area contributed by atoms with E-state index in [0.29, 0.717) is 0 Å². The Morgan fingerprint density at radius 1 is 1.28 bits per heavy atom. The molecule has 18 heavy (non-hydrogen) atoms. The molecule has 100 valence electrons. The third-order valence-electron chi connectivity index (χ3n) is 2.76. The Balaban J connectivity index is 2.83. The first-order valence-electron chi connectivity index (χ1n) is 6.51. The van der Waals surface area contributed by atoms with Crippen molar-refractivity contribution in [3.05, 3.63) is 34.9 Å². The molecule has 3 heteroatoms. The van der Waals surface area contributed by atoms with Crippen LogP contribution < -0.4 is 10.9 Å². The maximum atomic E-state index is 12.1. The molecular formula is C15H24N2O. The van der Waals surface area contributed by atoms with Crippen LogP contribution in [0.3, 0.4) is 0 Å². The second kappa shape index (κ2) is 6.01. The number of hydrazine groups is 1. The van der Waals surface area contributed by atoms with Crippen LogP contribution in [0.15, 0.2) is 18.2 Å². The van der Waals surface area contributed by atoms with E-state index in [1.807, 2.05) is 39.8 Å². The van der Waals surface area contributed by atoms with Gasteiger partial charge in [0.15, 0.2) is 0 Å². The van der Waals surface area contributed by atoms with Gasteiger partial charge in [-0.3, -0.25) is 10.2 Å². The first-order chi connectivity index (χ1) is 8.35. The van der Waals surface area contributed by atoms with E-state index in [1.54, 1.807) is 0 Å². The fraction of sp³-hybridized carbons (Fsp3) is 0.533. The SMILES string of the molecule is CCCc1cccc(C(=O)NNC(C)(C)C)c1C. The van der Waals surface area contributed by atoms with Gasteiger partial charge in [0.05, 0.1) is 0 Å². The Bertz CT molecular complexity index is 419. The molecule has 0 saturated heterocycles. The highest BCUT2D eigenvalue weighted by atomic mass is 16.2. The van der Waals surface area contributed by atoms with Gasteiger partial charge < -0.3 is 0 Å². The highest BCUT2D eigenvalue weighted by molar-refractivity contribution is 5.95. The number of hydrogen-bond donors (Lipinski definition) is 2. The lowest BCUT2D eigenvalue weighted by Crippen LogP contribution is -2.48. The fourth-order valence-electron chi connectivity index (χ4n) is 1.78. The lowest BCUT2D eigenvalue weighted by molar-refractivity contribution is 0.0913. The molecule has 3 nitrogen and oxygen atoms in total. The molecular weight excluding hydrogens is 224 g/mol. The van der Waals surface area contributed by atoms with Gasteiger partial charge in [-0.2, -0.15) is 0 Å². The highest BCUT2D eigenvalue weighted by Crippen LogP contribution is 2.15. The monoisotopic (exact) mass is 248 g/mol. The molecule has 0 saturated carbocycles. The predicted molar refractivity (Wildman–Crippen MR) is 75.5 cm³/mol. The number of carbonyl (C=O) groups excluding carboxylic acids is 1. The van der Waals surface area contributed by atoms with Gasteiger partial charge in [0.2, 0.25) is 0 Å². The second-order valence-corrected chi connectivity index (χ2v) is 5.67. The molecule has 2 N–H and O–H groups in total. The van der Waals surface area contributed by atoms with Crippen LogP contribution in [-0.4, -0.2) is 11.4 Å². The summed E-state index contributed by atoms with van der Waals surface area (Å²) in [6.45, 7) is 10.2. The Labute approximate surface area is 110 Å². The first kappa shape index (κ1) is 14.7. The van der Waals surface area contributed by atoms with Crippen molar-refractivity contribution in [3.8, 4) is 0 Å². The van der Waals surface area contributed by atoms with Crippen molar-refractivity contribution in [1.29, 1.82) is 0 Å². The van der Waals surface area contributed by atoms with Gasteiger partial charge in [0, 0.05) is 11.1 Å². The molecule has 0 unspecified atom stereocenters. The summed E-state index contributed by atoms with van der Waals surface area (Å²) < 4.78 is 0. The average molecular weight is 248 g/mol. The van der Waals surface area contributed by atoms with Crippen LogP contribution in [0.5, 0.6) is 0 Å². The normalized spacial score (nSPS) is 11.4. The van der Waals surface area contributed by atoms with E-state index < -0.39 is 0 Å². The average Bonchev–Trinajstić information content (AvgIpc) is 2.28. The van der Waals surface area contributed by atoms with E-state index in [2.05, 4.69) is 23.8 Å². The van der Waals surface area contributed by atoms with Gasteiger partial charge in [-0.15, -0.1) is 0 Å². The molecule has 1 aromatic carbocycles. The van der Waals surface area contributed by atoms with Crippen molar-refractivity contribution < 1.29 is 4.79 Å². The largest absolute Gasteiger partial charge is 0.287 e. The van der Waals surface area contributed by atoms with E-state index in [0.717, 1.165) is 24.0 Å². The van der Waals surface area contributed by atoms with Gasteiger partial charge in [-0.25, -0.2) is 5.43 Å². The molecule has 0 aliphatic rings. The van der Waals surface area contributed by atoms with E-state index in [9.17, 15) is 4.79 Å². The molecule has 0 fully saturated rings. The Kier molecular flexibility index (Phi) is 4.91. The summed E-state index contributed by atoms with van der Waals surface area (Å²) in [6, 6.07) is 5.91. The van der Waals surface area contributed by atoms with Crippen LogP contribution >= 0.6 is 0 Å². The number of carbonyl (C=O) groups is 1. The minimum Gasteiger partial charge on any atom is -0.287 e. The van der Waals surface area contributed by atoms with Crippen LogP contribution in [0.2, 0.25) is 0 Å². The predicted octanol–water partition coefficient (Wildman–Crippen LogP) is 2.98. The minimum absolute atomic E-state index is 0.0691. The van der Waals surface area contributed by atoms with Crippen LogP contribution in [-0.2, 0) is 6.42 Å². The number of rotatable bonds is 4. The number of aryl methyl sites for hydroxylation is 1. The van der Waals surface area contributed by atoms with Gasteiger partial charge in [0.25, 0.3) is 5.91 Å². The van der Waals surface area contributed by atoms with Crippen molar-refractivity contribution in [3.63, 3.8) is 0 Å². The van der Waals surface area contributed by atoms with E-state index >= 15 is 0 Å². The molecule has 0 spiro atoms. The molecule has 0 aromatic heterocycles. The van der Waals surface area contributed by atoms with E-state index in [1.165, 1.54) is 5.56 Å².